The van der Waals surface area contributed by atoms with Gasteiger partial charge in [-0.3, -0.25) is 4.90 Å². The first-order valence-electron chi connectivity index (χ1n) is 9.75. The number of hydrogen-bond acceptors (Lipinski definition) is 6. The number of halogens is 1. The van der Waals surface area contributed by atoms with Crippen molar-refractivity contribution in [2.24, 2.45) is 0 Å². The van der Waals surface area contributed by atoms with Crippen molar-refractivity contribution in [1.82, 2.24) is 10.2 Å². The number of methoxy groups -OCH3 is 2. The SMILES string of the molecule is COc1cc(OCc2ccccc2)c([C@H](CCO)N2CCNCC2)cc1OC.Cl. The summed E-state index contributed by atoms with van der Waals surface area (Å²) in [5.74, 6) is 2.07. The van der Waals surface area contributed by atoms with E-state index in [1.54, 1.807) is 14.2 Å². The molecule has 0 aliphatic carbocycles. The molecule has 2 N–H and O–H groups in total. The average Bonchev–Trinajstić information content (AvgIpc) is 2.77. The van der Waals surface area contributed by atoms with E-state index < -0.39 is 0 Å². The molecule has 0 radical (unpaired) electrons. The summed E-state index contributed by atoms with van der Waals surface area (Å²) < 4.78 is 17.3. The van der Waals surface area contributed by atoms with Crippen LogP contribution in [0.25, 0.3) is 0 Å². The van der Waals surface area contributed by atoms with Gasteiger partial charge in [0.1, 0.15) is 12.4 Å². The van der Waals surface area contributed by atoms with Crippen molar-refractivity contribution < 1.29 is 19.3 Å². The molecule has 1 fully saturated rings. The van der Waals surface area contributed by atoms with Crippen LogP contribution in [0.2, 0.25) is 0 Å². The largest absolute Gasteiger partial charge is 0.493 e. The van der Waals surface area contributed by atoms with Gasteiger partial charge in [0.05, 0.1) is 14.2 Å². The van der Waals surface area contributed by atoms with Crippen molar-refractivity contribution >= 4 is 12.4 Å². The molecular formula is C22H31ClN2O4. The second-order valence-electron chi connectivity index (χ2n) is 6.83. The molecule has 6 nitrogen and oxygen atoms in total. The van der Waals surface area contributed by atoms with Gasteiger partial charge in [0.15, 0.2) is 11.5 Å². The topological polar surface area (TPSA) is 63.2 Å². The van der Waals surface area contributed by atoms with Crippen LogP contribution in [-0.4, -0.2) is 57.0 Å². The Hall–Kier alpha value is -1.99. The third-order valence-corrected chi connectivity index (χ3v) is 5.11. The number of aliphatic hydroxyl groups excluding tert-OH is 1. The highest BCUT2D eigenvalue weighted by Crippen LogP contribution is 2.40. The van der Waals surface area contributed by atoms with Crippen molar-refractivity contribution in [3.8, 4) is 17.2 Å². The van der Waals surface area contributed by atoms with Gasteiger partial charge in [0, 0.05) is 50.5 Å². The zero-order valence-electron chi connectivity index (χ0n) is 17.1. The van der Waals surface area contributed by atoms with Crippen LogP contribution in [0.15, 0.2) is 42.5 Å². The summed E-state index contributed by atoms with van der Waals surface area (Å²) in [4.78, 5) is 2.39. The fourth-order valence-electron chi connectivity index (χ4n) is 3.65. The maximum atomic E-state index is 9.72. The van der Waals surface area contributed by atoms with Crippen LogP contribution in [0.4, 0.5) is 0 Å². The van der Waals surface area contributed by atoms with Gasteiger partial charge in [-0.15, -0.1) is 12.4 Å². The number of hydrogen-bond donors (Lipinski definition) is 2. The Morgan fingerprint density at radius 3 is 2.28 bits per heavy atom. The molecule has 0 bridgehead atoms. The third-order valence-electron chi connectivity index (χ3n) is 5.11. The molecule has 1 saturated heterocycles. The first-order chi connectivity index (χ1) is 13.8. The van der Waals surface area contributed by atoms with Gasteiger partial charge >= 0.3 is 0 Å². The molecule has 160 valence electrons. The lowest BCUT2D eigenvalue weighted by atomic mass is 9.99. The van der Waals surface area contributed by atoms with Crippen LogP contribution in [-0.2, 0) is 6.61 Å². The molecule has 2 aromatic carbocycles. The highest BCUT2D eigenvalue weighted by atomic mass is 35.5. The van der Waals surface area contributed by atoms with E-state index in [1.165, 1.54) is 0 Å². The maximum absolute atomic E-state index is 9.72. The zero-order chi connectivity index (χ0) is 19.8. The molecule has 1 atom stereocenters. The van der Waals surface area contributed by atoms with Gasteiger partial charge in [-0.05, 0) is 18.1 Å². The summed E-state index contributed by atoms with van der Waals surface area (Å²) in [7, 11) is 3.26. The van der Waals surface area contributed by atoms with Crippen molar-refractivity contribution in [3.05, 3.63) is 53.6 Å². The Balaban J connectivity index is 0.00000300. The fourth-order valence-corrected chi connectivity index (χ4v) is 3.65. The van der Waals surface area contributed by atoms with E-state index in [1.807, 2.05) is 42.5 Å². The lowest BCUT2D eigenvalue weighted by Gasteiger charge is -2.36. The van der Waals surface area contributed by atoms with Gasteiger partial charge < -0.3 is 24.6 Å². The van der Waals surface area contributed by atoms with E-state index in [-0.39, 0.29) is 25.1 Å². The van der Waals surface area contributed by atoms with Gasteiger partial charge in [0.2, 0.25) is 0 Å². The molecule has 0 spiro atoms. The molecule has 1 heterocycles. The normalized spacial score (nSPS) is 15.3. The summed E-state index contributed by atoms with van der Waals surface area (Å²) in [6.45, 7) is 4.32. The number of ether oxygens (including phenoxy) is 3. The summed E-state index contributed by atoms with van der Waals surface area (Å²) in [6.07, 6.45) is 0.636. The van der Waals surface area contributed by atoms with Crippen LogP contribution < -0.4 is 19.5 Å². The predicted molar refractivity (Wildman–Crippen MR) is 116 cm³/mol. The minimum atomic E-state index is 0. The van der Waals surface area contributed by atoms with E-state index in [2.05, 4.69) is 10.2 Å². The van der Waals surface area contributed by atoms with E-state index in [0.29, 0.717) is 24.5 Å². The number of aliphatic hydroxyl groups is 1. The Morgan fingerprint density at radius 1 is 1.00 bits per heavy atom. The molecule has 7 heteroatoms. The van der Waals surface area contributed by atoms with Gasteiger partial charge in [-0.1, -0.05) is 30.3 Å². The zero-order valence-corrected chi connectivity index (χ0v) is 17.9. The van der Waals surface area contributed by atoms with Crippen LogP contribution >= 0.6 is 12.4 Å². The summed E-state index contributed by atoms with van der Waals surface area (Å²) in [6, 6.07) is 14.0. The van der Waals surface area contributed by atoms with Gasteiger partial charge in [-0.25, -0.2) is 0 Å². The van der Waals surface area contributed by atoms with Gasteiger partial charge in [0.25, 0.3) is 0 Å². The molecule has 2 aromatic rings. The monoisotopic (exact) mass is 422 g/mol. The number of benzene rings is 2. The highest BCUT2D eigenvalue weighted by molar-refractivity contribution is 5.85. The predicted octanol–water partition coefficient (Wildman–Crippen LogP) is 3.03. The number of nitrogens with zero attached hydrogens (tertiary/aromatic N) is 1. The van der Waals surface area contributed by atoms with Gasteiger partial charge in [-0.2, -0.15) is 0 Å². The summed E-state index contributed by atoms with van der Waals surface area (Å²) in [5, 5.41) is 13.1. The number of nitrogens with one attached hydrogen (secondary N) is 1. The van der Waals surface area contributed by atoms with Crippen LogP contribution in [0.1, 0.15) is 23.6 Å². The summed E-state index contributed by atoms with van der Waals surface area (Å²) >= 11 is 0. The average molecular weight is 423 g/mol. The summed E-state index contributed by atoms with van der Waals surface area (Å²) in [5.41, 5.74) is 2.12. The van der Waals surface area contributed by atoms with Crippen LogP contribution in [0.5, 0.6) is 17.2 Å². The Kier molecular flexibility index (Phi) is 9.54. The highest BCUT2D eigenvalue weighted by Gasteiger charge is 2.26. The molecule has 29 heavy (non-hydrogen) atoms. The second kappa shape index (κ2) is 11.9. The van der Waals surface area contributed by atoms with E-state index >= 15 is 0 Å². The molecule has 1 aliphatic rings. The smallest absolute Gasteiger partial charge is 0.164 e. The Bertz CT molecular complexity index is 739. The quantitative estimate of drug-likeness (QED) is 0.647. The molecule has 0 aromatic heterocycles. The van der Waals surface area contributed by atoms with Crippen molar-refractivity contribution in [2.75, 3.05) is 47.0 Å². The van der Waals surface area contributed by atoms with Crippen molar-refractivity contribution in [2.45, 2.75) is 19.1 Å². The minimum Gasteiger partial charge on any atom is -0.493 e. The fraction of sp³-hybridized carbons (Fsp3) is 0.455. The second-order valence-corrected chi connectivity index (χ2v) is 6.83. The van der Waals surface area contributed by atoms with Crippen LogP contribution in [0.3, 0.4) is 0 Å². The molecule has 0 amide bonds. The molecule has 0 saturated carbocycles. The first kappa shape index (κ1) is 23.3. The number of rotatable bonds is 9. The van der Waals surface area contributed by atoms with Crippen molar-refractivity contribution in [3.63, 3.8) is 0 Å². The lowest BCUT2D eigenvalue weighted by molar-refractivity contribution is 0.137. The molecule has 1 aliphatic heterocycles. The third kappa shape index (κ3) is 6.00. The van der Waals surface area contributed by atoms with E-state index in [0.717, 1.165) is 43.1 Å². The first-order valence-corrected chi connectivity index (χ1v) is 9.75. The Morgan fingerprint density at radius 2 is 1.66 bits per heavy atom. The number of piperazine rings is 1. The van der Waals surface area contributed by atoms with E-state index in [9.17, 15) is 5.11 Å². The van der Waals surface area contributed by atoms with Crippen molar-refractivity contribution in [1.29, 1.82) is 0 Å². The van der Waals surface area contributed by atoms with E-state index in [4.69, 9.17) is 14.2 Å². The van der Waals surface area contributed by atoms with Crippen LogP contribution in [0, 0.1) is 0 Å². The standard InChI is InChI=1S/C22H30N2O4.ClH/c1-26-21-14-18(19(8-13-25)24-11-9-23-10-12-24)20(15-22(21)27-2)28-16-17-6-4-3-5-7-17;/h3-7,14-15,19,23,25H,8-13,16H2,1-2H3;1H/t19-;/m0./s1. The molecular weight excluding hydrogens is 392 g/mol. The molecule has 3 rings (SSSR count). The molecule has 0 unspecified atom stereocenters. The maximum Gasteiger partial charge on any atom is 0.164 e. The lowest BCUT2D eigenvalue weighted by Crippen LogP contribution is -2.45. The minimum absolute atomic E-state index is 0. The Labute approximate surface area is 179 Å².